The SMILES string of the molecule is CC/C(=C/CNc1c(Br)cccc1Br)C(=O)O. The van der Waals surface area contributed by atoms with E-state index in [2.05, 4.69) is 37.2 Å². The maximum Gasteiger partial charge on any atom is 0.331 e. The van der Waals surface area contributed by atoms with Gasteiger partial charge in [-0.1, -0.05) is 19.1 Å². The minimum absolute atomic E-state index is 0.417. The number of benzene rings is 1. The second-order valence-corrected chi connectivity index (χ2v) is 5.07. The Hall–Kier alpha value is -0.810. The summed E-state index contributed by atoms with van der Waals surface area (Å²) in [6.45, 7) is 2.31. The summed E-state index contributed by atoms with van der Waals surface area (Å²) >= 11 is 6.86. The fourth-order valence-electron chi connectivity index (χ4n) is 1.33. The second-order valence-electron chi connectivity index (χ2n) is 3.37. The summed E-state index contributed by atoms with van der Waals surface area (Å²) in [7, 11) is 0. The van der Waals surface area contributed by atoms with Crippen molar-refractivity contribution in [2.45, 2.75) is 13.3 Å². The van der Waals surface area contributed by atoms with Gasteiger partial charge in [-0.25, -0.2) is 4.79 Å². The maximum absolute atomic E-state index is 10.8. The Morgan fingerprint density at radius 2 is 2.00 bits per heavy atom. The molecule has 0 atom stereocenters. The summed E-state index contributed by atoms with van der Waals surface area (Å²) in [4.78, 5) is 10.8. The van der Waals surface area contributed by atoms with E-state index in [0.29, 0.717) is 18.5 Å². The number of carboxylic acid groups (broad SMARTS) is 1. The van der Waals surface area contributed by atoms with Gasteiger partial charge in [0.25, 0.3) is 0 Å². The van der Waals surface area contributed by atoms with Gasteiger partial charge < -0.3 is 10.4 Å². The van der Waals surface area contributed by atoms with Crippen molar-refractivity contribution in [1.29, 1.82) is 0 Å². The molecule has 1 aromatic rings. The maximum atomic E-state index is 10.8. The van der Waals surface area contributed by atoms with Crippen LogP contribution in [-0.4, -0.2) is 17.6 Å². The lowest BCUT2D eigenvalue weighted by Crippen LogP contribution is -2.05. The summed E-state index contributed by atoms with van der Waals surface area (Å²) in [5, 5.41) is 12.0. The molecule has 0 heterocycles. The molecule has 0 saturated heterocycles. The van der Waals surface area contributed by atoms with Gasteiger partial charge in [0.1, 0.15) is 0 Å². The summed E-state index contributed by atoms with van der Waals surface area (Å²) in [6.07, 6.45) is 2.21. The van der Waals surface area contributed by atoms with E-state index in [-0.39, 0.29) is 0 Å². The first kappa shape index (κ1) is 14.3. The first-order valence-corrected chi connectivity index (χ1v) is 6.75. The molecule has 3 nitrogen and oxygen atoms in total. The van der Waals surface area contributed by atoms with Crippen LogP contribution in [0.4, 0.5) is 5.69 Å². The number of para-hydroxylation sites is 1. The first-order chi connectivity index (χ1) is 8.06. The van der Waals surface area contributed by atoms with Gasteiger partial charge in [0, 0.05) is 21.1 Å². The zero-order valence-corrected chi connectivity index (χ0v) is 12.5. The Kier molecular flexibility index (Phi) is 5.71. The van der Waals surface area contributed by atoms with Crippen LogP contribution in [0.3, 0.4) is 0 Å². The quantitative estimate of drug-likeness (QED) is 0.777. The van der Waals surface area contributed by atoms with Crippen molar-refractivity contribution in [3.63, 3.8) is 0 Å². The van der Waals surface area contributed by atoms with Crippen molar-refractivity contribution in [3.8, 4) is 0 Å². The van der Waals surface area contributed by atoms with Crippen LogP contribution in [0.2, 0.25) is 0 Å². The minimum atomic E-state index is -0.861. The molecule has 92 valence electrons. The molecule has 0 spiro atoms. The van der Waals surface area contributed by atoms with Crippen LogP contribution < -0.4 is 5.32 Å². The highest BCUT2D eigenvalue weighted by atomic mass is 79.9. The fourth-order valence-corrected chi connectivity index (χ4v) is 2.60. The van der Waals surface area contributed by atoms with Crippen LogP contribution in [0.5, 0.6) is 0 Å². The lowest BCUT2D eigenvalue weighted by Gasteiger charge is -2.09. The van der Waals surface area contributed by atoms with E-state index in [4.69, 9.17) is 5.11 Å². The highest BCUT2D eigenvalue weighted by Crippen LogP contribution is 2.30. The average molecular weight is 363 g/mol. The molecule has 0 saturated carbocycles. The predicted molar refractivity (Wildman–Crippen MR) is 76.3 cm³/mol. The molecular formula is C12H13Br2NO2. The van der Waals surface area contributed by atoms with E-state index in [1.54, 1.807) is 6.08 Å². The molecule has 1 rings (SSSR count). The molecular weight excluding hydrogens is 350 g/mol. The molecule has 5 heteroatoms. The lowest BCUT2D eigenvalue weighted by atomic mass is 10.2. The molecule has 0 aromatic heterocycles. The standard InChI is InChI=1S/C12H13Br2NO2/c1-2-8(12(16)17)6-7-15-11-9(13)4-3-5-10(11)14/h3-6,15H,2,7H2,1H3,(H,16,17)/b8-6-. The Balaban J connectivity index is 2.71. The molecule has 0 unspecified atom stereocenters. The van der Waals surface area contributed by atoms with Gasteiger partial charge in [0.15, 0.2) is 0 Å². The van der Waals surface area contributed by atoms with E-state index >= 15 is 0 Å². The topological polar surface area (TPSA) is 49.3 Å². The monoisotopic (exact) mass is 361 g/mol. The normalized spacial score (nSPS) is 11.4. The molecule has 0 amide bonds. The average Bonchev–Trinajstić information content (AvgIpc) is 2.27. The number of halogens is 2. The van der Waals surface area contributed by atoms with Crippen LogP contribution in [0.25, 0.3) is 0 Å². The third-order valence-electron chi connectivity index (χ3n) is 2.25. The smallest absolute Gasteiger partial charge is 0.331 e. The molecule has 17 heavy (non-hydrogen) atoms. The van der Waals surface area contributed by atoms with Gasteiger partial charge in [-0.3, -0.25) is 0 Å². The van der Waals surface area contributed by atoms with Crippen molar-refractivity contribution in [2.75, 3.05) is 11.9 Å². The molecule has 0 aliphatic carbocycles. The summed E-state index contributed by atoms with van der Waals surface area (Å²) in [5.41, 5.74) is 1.34. The molecule has 0 bridgehead atoms. The highest BCUT2D eigenvalue weighted by Gasteiger charge is 2.05. The van der Waals surface area contributed by atoms with E-state index in [9.17, 15) is 4.79 Å². The highest BCUT2D eigenvalue weighted by molar-refractivity contribution is 9.11. The van der Waals surface area contributed by atoms with Crippen LogP contribution in [0, 0.1) is 0 Å². The number of hydrogen-bond acceptors (Lipinski definition) is 2. The van der Waals surface area contributed by atoms with Crippen LogP contribution in [-0.2, 0) is 4.79 Å². The number of carbonyl (C=O) groups is 1. The molecule has 0 radical (unpaired) electrons. The van der Waals surface area contributed by atoms with E-state index in [1.807, 2.05) is 25.1 Å². The molecule has 2 N–H and O–H groups in total. The number of anilines is 1. The van der Waals surface area contributed by atoms with Crippen molar-refractivity contribution in [2.24, 2.45) is 0 Å². The number of aliphatic carboxylic acids is 1. The van der Waals surface area contributed by atoms with Gasteiger partial charge in [-0.15, -0.1) is 0 Å². The second kappa shape index (κ2) is 6.81. The van der Waals surface area contributed by atoms with Crippen molar-refractivity contribution < 1.29 is 9.90 Å². The van der Waals surface area contributed by atoms with Crippen molar-refractivity contribution in [3.05, 3.63) is 38.8 Å². The fraction of sp³-hybridized carbons (Fsp3) is 0.250. The zero-order chi connectivity index (χ0) is 12.8. The number of hydrogen-bond donors (Lipinski definition) is 2. The third-order valence-corrected chi connectivity index (χ3v) is 3.57. The lowest BCUT2D eigenvalue weighted by molar-refractivity contribution is -0.132. The summed E-state index contributed by atoms with van der Waals surface area (Å²) in [5.74, 6) is -0.861. The van der Waals surface area contributed by atoms with Crippen LogP contribution >= 0.6 is 31.9 Å². The van der Waals surface area contributed by atoms with Crippen LogP contribution in [0.15, 0.2) is 38.8 Å². The summed E-state index contributed by atoms with van der Waals surface area (Å²) in [6, 6.07) is 5.77. The zero-order valence-electron chi connectivity index (χ0n) is 9.34. The van der Waals surface area contributed by atoms with E-state index < -0.39 is 5.97 Å². The molecule has 1 aromatic carbocycles. The molecule has 0 aliphatic heterocycles. The Bertz CT molecular complexity index is 424. The number of nitrogens with one attached hydrogen (secondary N) is 1. The Morgan fingerprint density at radius 3 is 2.47 bits per heavy atom. The van der Waals surface area contributed by atoms with Gasteiger partial charge in [-0.2, -0.15) is 0 Å². The molecule has 0 fully saturated rings. The van der Waals surface area contributed by atoms with Crippen molar-refractivity contribution in [1.82, 2.24) is 0 Å². The van der Waals surface area contributed by atoms with E-state index in [1.165, 1.54) is 0 Å². The number of carboxylic acids is 1. The van der Waals surface area contributed by atoms with Crippen LogP contribution in [0.1, 0.15) is 13.3 Å². The largest absolute Gasteiger partial charge is 0.478 e. The van der Waals surface area contributed by atoms with Gasteiger partial charge in [0.05, 0.1) is 5.69 Å². The Labute approximate surface area is 117 Å². The van der Waals surface area contributed by atoms with E-state index in [0.717, 1.165) is 14.6 Å². The van der Waals surface area contributed by atoms with Crippen molar-refractivity contribution >= 4 is 43.5 Å². The predicted octanol–water partition coefficient (Wildman–Crippen LogP) is 4.04. The van der Waals surface area contributed by atoms with Gasteiger partial charge >= 0.3 is 5.97 Å². The summed E-state index contributed by atoms with van der Waals surface area (Å²) < 4.78 is 1.88. The third kappa shape index (κ3) is 4.16. The van der Waals surface area contributed by atoms with Gasteiger partial charge in [-0.05, 0) is 50.4 Å². The van der Waals surface area contributed by atoms with Gasteiger partial charge in [0.2, 0.25) is 0 Å². The minimum Gasteiger partial charge on any atom is -0.478 e. The molecule has 0 aliphatic rings. The Morgan fingerprint density at radius 1 is 1.41 bits per heavy atom. The number of rotatable bonds is 5. The first-order valence-electron chi connectivity index (χ1n) is 5.16.